The van der Waals surface area contributed by atoms with Crippen LogP contribution in [-0.2, 0) is 4.79 Å². The van der Waals surface area contributed by atoms with Crippen molar-refractivity contribution in [1.82, 2.24) is 5.32 Å². The quantitative estimate of drug-likeness (QED) is 0.716. The molecule has 1 rings (SSSR count). The molecule has 0 saturated heterocycles. The molecule has 0 saturated carbocycles. The molecule has 19 heavy (non-hydrogen) atoms. The molecule has 0 spiro atoms. The molecule has 0 heterocycles. The number of carbonyl (C=O) groups excluding carboxylic acids is 1. The summed E-state index contributed by atoms with van der Waals surface area (Å²) in [6, 6.07) is 9.57. The molecule has 0 aliphatic carbocycles. The normalized spacial score (nSPS) is 12.1. The van der Waals surface area contributed by atoms with Crippen molar-refractivity contribution in [3.8, 4) is 0 Å². The Morgan fingerprint density at radius 1 is 1.21 bits per heavy atom. The highest BCUT2D eigenvalue weighted by Gasteiger charge is 2.07. The van der Waals surface area contributed by atoms with Gasteiger partial charge in [0.25, 0.3) is 0 Å². The summed E-state index contributed by atoms with van der Waals surface area (Å²) in [5, 5.41) is 6.13. The smallest absolute Gasteiger partial charge is 0.238 e. The third-order valence-electron chi connectivity index (χ3n) is 3.32. The molecule has 2 N–H and O–H groups in total. The predicted molar refractivity (Wildman–Crippen MR) is 81.2 cm³/mol. The molecule has 3 nitrogen and oxygen atoms in total. The predicted octanol–water partition coefficient (Wildman–Crippen LogP) is 3.43. The molecule has 0 aromatic heterocycles. The number of rotatable bonds is 9. The second-order valence-corrected chi connectivity index (χ2v) is 4.96. The van der Waals surface area contributed by atoms with Crippen LogP contribution in [0.4, 0.5) is 5.69 Å². The molecule has 3 heteroatoms. The number of hydrogen-bond acceptors (Lipinski definition) is 2. The molecule has 0 radical (unpaired) electrons. The van der Waals surface area contributed by atoms with Gasteiger partial charge in [0.05, 0.1) is 6.54 Å². The van der Waals surface area contributed by atoms with Gasteiger partial charge in [-0.1, -0.05) is 51.3 Å². The second kappa shape index (κ2) is 9.56. The first-order chi connectivity index (χ1) is 9.26. The second-order valence-electron chi connectivity index (χ2n) is 4.96. The Labute approximate surface area is 116 Å². The van der Waals surface area contributed by atoms with E-state index in [1.807, 2.05) is 30.3 Å². The van der Waals surface area contributed by atoms with Gasteiger partial charge in [-0.2, -0.15) is 0 Å². The summed E-state index contributed by atoms with van der Waals surface area (Å²) in [5.74, 6) is 0.709. The first-order valence-corrected chi connectivity index (χ1v) is 7.31. The molecule has 1 atom stereocenters. The number of carbonyl (C=O) groups is 1. The van der Waals surface area contributed by atoms with E-state index in [-0.39, 0.29) is 5.91 Å². The van der Waals surface area contributed by atoms with Gasteiger partial charge in [-0.25, -0.2) is 0 Å². The number of para-hydroxylation sites is 1. The van der Waals surface area contributed by atoms with Gasteiger partial charge in [-0.3, -0.25) is 4.79 Å². The Hall–Kier alpha value is -1.35. The summed E-state index contributed by atoms with van der Waals surface area (Å²) >= 11 is 0. The average Bonchev–Trinajstić information content (AvgIpc) is 2.43. The highest BCUT2D eigenvalue weighted by Crippen LogP contribution is 2.11. The molecule has 0 aliphatic heterocycles. The molecule has 1 unspecified atom stereocenters. The number of nitrogens with one attached hydrogen (secondary N) is 2. The van der Waals surface area contributed by atoms with Crippen LogP contribution < -0.4 is 10.6 Å². The zero-order valence-corrected chi connectivity index (χ0v) is 12.1. The molecule has 0 bridgehead atoms. The molecule has 0 aliphatic rings. The number of unbranched alkanes of at least 4 members (excludes halogenated alkanes) is 1. The fourth-order valence-electron chi connectivity index (χ4n) is 2.06. The van der Waals surface area contributed by atoms with Crippen molar-refractivity contribution < 1.29 is 4.79 Å². The first-order valence-electron chi connectivity index (χ1n) is 7.31. The van der Waals surface area contributed by atoms with Crippen LogP contribution >= 0.6 is 0 Å². The van der Waals surface area contributed by atoms with Gasteiger partial charge in [0.1, 0.15) is 0 Å². The van der Waals surface area contributed by atoms with Crippen LogP contribution in [0.3, 0.4) is 0 Å². The van der Waals surface area contributed by atoms with E-state index in [0.29, 0.717) is 12.5 Å². The van der Waals surface area contributed by atoms with Gasteiger partial charge in [0, 0.05) is 5.69 Å². The number of anilines is 1. The van der Waals surface area contributed by atoms with Crippen LogP contribution in [-0.4, -0.2) is 19.0 Å². The first kappa shape index (κ1) is 15.7. The maximum Gasteiger partial charge on any atom is 0.238 e. The number of hydrogen-bond donors (Lipinski definition) is 2. The van der Waals surface area contributed by atoms with Crippen molar-refractivity contribution in [3.05, 3.63) is 30.3 Å². The minimum atomic E-state index is 0.0246. The van der Waals surface area contributed by atoms with Crippen LogP contribution in [0.15, 0.2) is 30.3 Å². The summed E-state index contributed by atoms with van der Waals surface area (Å²) in [4.78, 5) is 11.7. The zero-order valence-electron chi connectivity index (χ0n) is 12.1. The van der Waals surface area contributed by atoms with E-state index in [9.17, 15) is 4.79 Å². The molecule has 106 valence electrons. The van der Waals surface area contributed by atoms with Crippen molar-refractivity contribution in [1.29, 1.82) is 0 Å². The minimum absolute atomic E-state index is 0.0246. The lowest BCUT2D eigenvalue weighted by atomic mass is 9.99. The largest absolute Gasteiger partial charge is 0.325 e. The summed E-state index contributed by atoms with van der Waals surface area (Å²) in [7, 11) is 0. The van der Waals surface area contributed by atoms with Gasteiger partial charge in [-0.05, 0) is 31.0 Å². The van der Waals surface area contributed by atoms with Gasteiger partial charge < -0.3 is 10.6 Å². The summed E-state index contributed by atoms with van der Waals surface area (Å²) < 4.78 is 0. The van der Waals surface area contributed by atoms with E-state index in [4.69, 9.17) is 0 Å². The summed E-state index contributed by atoms with van der Waals surface area (Å²) in [6.45, 7) is 5.75. The Balaban J connectivity index is 2.19. The van der Waals surface area contributed by atoms with Crippen molar-refractivity contribution in [2.75, 3.05) is 18.4 Å². The van der Waals surface area contributed by atoms with Gasteiger partial charge in [0.2, 0.25) is 5.91 Å². The Bertz CT molecular complexity index is 351. The van der Waals surface area contributed by atoms with Crippen LogP contribution in [0.1, 0.15) is 39.5 Å². The topological polar surface area (TPSA) is 41.1 Å². The molecule has 1 aromatic rings. The van der Waals surface area contributed by atoms with E-state index in [2.05, 4.69) is 24.5 Å². The van der Waals surface area contributed by atoms with E-state index >= 15 is 0 Å². The maximum absolute atomic E-state index is 11.7. The van der Waals surface area contributed by atoms with Gasteiger partial charge >= 0.3 is 0 Å². The third-order valence-corrected chi connectivity index (χ3v) is 3.32. The summed E-state index contributed by atoms with van der Waals surface area (Å²) in [6.07, 6.45) is 4.94. The van der Waals surface area contributed by atoms with E-state index in [1.165, 1.54) is 25.7 Å². The van der Waals surface area contributed by atoms with E-state index < -0.39 is 0 Å². The molecular weight excluding hydrogens is 236 g/mol. The zero-order chi connectivity index (χ0) is 13.9. The van der Waals surface area contributed by atoms with Crippen LogP contribution in [0.5, 0.6) is 0 Å². The van der Waals surface area contributed by atoms with Crippen LogP contribution in [0.25, 0.3) is 0 Å². The van der Waals surface area contributed by atoms with Gasteiger partial charge in [0.15, 0.2) is 0 Å². The van der Waals surface area contributed by atoms with E-state index in [0.717, 1.165) is 12.2 Å². The van der Waals surface area contributed by atoms with Crippen LogP contribution in [0.2, 0.25) is 0 Å². The molecule has 1 amide bonds. The average molecular weight is 262 g/mol. The highest BCUT2D eigenvalue weighted by molar-refractivity contribution is 5.92. The summed E-state index contributed by atoms with van der Waals surface area (Å²) in [5.41, 5.74) is 0.854. The van der Waals surface area contributed by atoms with Crippen molar-refractivity contribution >= 4 is 11.6 Å². The van der Waals surface area contributed by atoms with Crippen molar-refractivity contribution in [3.63, 3.8) is 0 Å². The fourth-order valence-corrected chi connectivity index (χ4v) is 2.06. The Morgan fingerprint density at radius 3 is 2.58 bits per heavy atom. The fraction of sp³-hybridized carbons (Fsp3) is 0.562. The monoisotopic (exact) mass is 262 g/mol. The SMILES string of the molecule is CCCCC(CC)CNCC(=O)Nc1ccccc1. The Morgan fingerprint density at radius 2 is 1.95 bits per heavy atom. The number of benzene rings is 1. The van der Waals surface area contributed by atoms with Gasteiger partial charge in [-0.15, -0.1) is 0 Å². The highest BCUT2D eigenvalue weighted by atomic mass is 16.1. The standard InChI is InChI=1S/C16H26N2O/c1-3-5-9-14(4-2)12-17-13-16(19)18-15-10-7-6-8-11-15/h6-8,10-11,14,17H,3-5,9,12-13H2,1-2H3,(H,18,19). The third kappa shape index (κ3) is 6.97. The lowest BCUT2D eigenvalue weighted by Gasteiger charge is -2.15. The van der Waals surface area contributed by atoms with Crippen LogP contribution in [0, 0.1) is 5.92 Å². The lowest BCUT2D eigenvalue weighted by molar-refractivity contribution is -0.115. The molecule has 0 fully saturated rings. The number of amides is 1. The maximum atomic E-state index is 11.7. The Kier molecular flexibility index (Phi) is 7.91. The van der Waals surface area contributed by atoms with Crippen molar-refractivity contribution in [2.24, 2.45) is 5.92 Å². The van der Waals surface area contributed by atoms with E-state index in [1.54, 1.807) is 0 Å². The minimum Gasteiger partial charge on any atom is -0.325 e. The van der Waals surface area contributed by atoms with Crippen molar-refractivity contribution in [2.45, 2.75) is 39.5 Å². The molecule has 1 aromatic carbocycles. The molecular formula is C16H26N2O. The lowest BCUT2D eigenvalue weighted by Crippen LogP contribution is -2.31.